The minimum atomic E-state index is -3.80. The fourth-order valence-corrected chi connectivity index (χ4v) is 3.67. The third-order valence-electron chi connectivity index (χ3n) is 4.02. The minimum absolute atomic E-state index is 0. The highest BCUT2D eigenvalue weighted by Gasteiger charge is 2.25. The first-order valence-corrected chi connectivity index (χ1v) is 9.06. The van der Waals surface area contributed by atoms with Crippen molar-refractivity contribution in [2.24, 2.45) is 11.1 Å². The second-order valence-electron chi connectivity index (χ2n) is 5.79. The summed E-state index contributed by atoms with van der Waals surface area (Å²) in [6.07, 6.45) is 2.12. The smallest absolute Gasteiger partial charge is 0.238 e. The van der Waals surface area contributed by atoms with Gasteiger partial charge in [0.2, 0.25) is 15.9 Å². The summed E-state index contributed by atoms with van der Waals surface area (Å²) in [4.78, 5) is 12.4. The number of rotatable bonds is 4. The van der Waals surface area contributed by atoms with Crippen LogP contribution in [0, 0.1) is 5.92 Å². The van der Waals surface area contributed by atoms with Gasteiger partial charge in [0.25, 0.3) is 0 Å². The van der Waals surface area contributed by atoms with Crippen LogP contribution in [0.25, 0.3) is 0 Å². The van der Waals surface area contributed by atoms with Gasteiger partial charge in [0.15, 0.2) is 0 Å². The van der Waals surface area contributed by atoms with E-state index in [9.17, 15) is 13.2 Å². The van der Waals surface area contributed by atoms with Crippen molar-refractivity contribution in [1.82, 2.24) is 5.32 Å². The van der Waals surface area contributed by atoms with E-state index < -0.39 is 10.0 Å². The number of aryl methyl sites for hydroxylation is 1. The number of amides is 1. The molecule has 23 heavy (non-hydrogen) atoms. The number of carbonyl (C=O) groups excluding carboxylic acids is 1. The van der Waals surface area contributed by atoms with Crippen LogP contribution in [-0.2, 0) is 21.2 Å². The van der Waals surface area contributed by atoms with E-state index in [0.29, 0.717) is 23.7 Å². The lowest BCUT2D eigenvalue weighted by Gasteiger charge is -2.27. The lowest BCUT2D eigenvalue weighted by molar-refractivity contribution is -0.120. The topological polar surface area (TPSA) is 101 Å². The van der Waals surface area contributed by atoms with E-state index in [1.165, 1.54) is 6.07 Å². The number of benzene rings is 1. The van der Waals surface area contributed by atoms with E-state index in [4.69, 9.17) is 5.14 Å². The highest BCUT2D eigenvalue weighted by molar-refractivity contribution is 7.89. The Kier molecular flexibility index (Phi) is 7.01. The first kappa shape index (κ1) is 19.9. The van der Waals surface area contributed by atoms with Crippen molar-refractivity contribution in [3.63, 3.8) is 0 Å². The van der Waals surface area contributed by atoms with E-state index in [-0.39, 0.29) is 29.1 Å². The molecule has 1 aromatic rings. The zero-order valence-electron chi connectivity index (χ0n) is 13.3. The molecule has 0 aromatic heterocycles. The first-order valence-electron chi connectivity index (χ1n) is 7.51. The number of nitrogens with one attached hydrogen (secondary N) is 2. The van der Waals surface area contributed by atoms with Crippen LogP contribution in [0.1, 0.15) is 32.3 Å². The first-order chi connectivity index (χ1) is 10.3. The molecule has 8 heteroatoms. The van der Waals surface area contributed by atoms with E-state index in [1.54, 1.807) is 12.1 Å². The summed E-state index contributed by atoms with van der Waals surface area (Å²) < 4.78 is 23.3. The predicted octanol–water partition coefficient (Wildman–Crippen LogP) is 1.64. The van der Waals surface area contributed by atoms with Crippen LogP contribution in [0.3, 0.4) is 0 Å². The lowest BCUT2D eigenvalue weighted by atomic mass is 9.92. The molecule has 0 saturated carbocycles. The van der Waals surface area contributed by atoms with Crippen LogP contribution >= 0.6 is 12.4 Å². The predicted molar refractivity (Wildman–Crippen MR) is 93.3 cm³/mol. The third kappa shape index (κ3) is 5.17. The molecule has 0 radical (unpaired) electrons. The highest BCUT2D eigenvalue weighted by atomic mass is 35.5. The largest absolute Gasteiger partial charge is 0.326 e. The van der Waals surface area contributed by atoms with Crippen LogP contribution in [0.5, 0.6) is 0 Å². The van der Waals surface area contributed by atoms with Crippen molar-refractivity contribution >= 4 is 34.0 Å². The van der Waals surface area contributed by atoms with E-state index >= 15 is 0 Å². The average Bonchev–Trinajstić information content (AvgIpc) is 2.46. The fraction of sp³-hybridized carbons (Fsp3) is 0.533. The minimum Gasteiger partial charge on any atom is -0.326 e. The van der Waals surface area contributed by atoms with Gasteiger partial charge in [-0.1, -0.05) is 13.0 Å². The number of carbonyl (C=O) groups is 1. The van der Waals surface area contributed by atoms with Crippen LogP contribution in [0.15, 0.2) is 23.1 Å². The summed E-state index contributed by atoms with van der Waals surface area (Å²) in [5.74, 6) is -0.127. The van der Waals surface area contributed by atoms with Gasteiger partial charge in [0.05, 0.1) is 4.90 Å². The summed E-state index contributed by atoms with van der Waals surface area (Å²) in [6.45, 7) is 4.73. The van der Waals surface area contributed by atoms with Gasteiger partial charge in [-0.3, -0.25) is 4.79 Å². The molecule has 2 rings (SSSR count). The molecule has 4 N–H and O–H groups in total. The quantitative estimate of drug-likeness (QED) is 0.758. The zero-order chi connectivity index (χ0) is 16.3. The zero-order valence-corrected chi connectivity index (χ0v) is 15.0. The Hall–Kier alpha value is -1.15. The standard InChI is InChI=1S/C15H23N3O3S.ClH/c1-3-11-4-5-13(9-14(11)22(16,20)21)18-15(19)12-6-7-17-10(2)8-12;/h4-5,9-10,12,17H,3,6-8H2,1-2H3,(H,18,19)(H2,16,20,21);1H/t10-,12-;/m0./s1. The molecule has 1 heterocycles. The van der Waals surface area contributed by atoms with Crippen molar-refractivity contribution < 1.29 is 13.2 Å². The monoisotopic (exact) mass is 361 g/mol. The summed E-state index contributed by atoms with van der Waals surface area (Å²) in [7, 11) is -3.80. The number of primary sulfonamides is 1. The van der Waals surface area contributed by atoms with Crippen LogP contribution in [-0.4, -0.2) is 26.9 Å². The maximum atomic E-state index is 12.3. The van der Waals surface area contributed by atoms with Gasteiger partial charge in [0.1, 0.15) is 0 Å². The van der Waals surface area contributed by atoms with Crippen molar-refractivity contribution in [2.45, 2.75) is 44.0 Å². The summed E-state index contributed by atoms with van der Waals surface area (Å²) in [5.41, 5.74) is 1.12. The Bertz CT molecular complexity index is 664. The van der Waals surface area contributed by atoms with Gasteiger partial charge in [-0.05, 0) is 50.4 Å². The molecule has 0 spiro atoms. The number of hydrogen-bond donors (Lipinski definition) is 3. The van der Waals surface area contributed by atoms with Crippen molar-refractivity contribution in [2.75, 3.05) is 11.9 Å². The lowest BCUT2D eigenvalue weighted by Crippen LogP contribution is -2.40. The molecule has 1 aromatic carbocycles. The number of sulfonamides is 1. The summed E-state index contributed by atoms with van der Waals surface area (Å²) in [6, 6.07) is 5.17. The molecule has 0 unspecified atom stereocenters. The molecule has 1 aliphatic heterocycles. The molecule has 0 bridgehead atoms. The van der Waals surface area contributed by atoms with Crippen LogP contribution in [0.2, 0.25) is 0 Å². The Morgan fingerprint density at radius 1 is 1.43 bits per heavy atom. The van der Waals surface area contributed by atoms with Gasteiger partial charge in [-0.2, -0.15) is 0 Å². The van der Waals surface area contributed by atoms with Gasteiger partial charge < -0.3 is 10.6 Å². The maximum Gasteiger partial charge on any atom is 0.238 e. The normalized spacial score (nSPS) is 21.3. The average molecular weight is 362 g/mol. The number of nitrogens with two attached hydrogens (primary N) is 1. The van der Waals surface area contributed by atoms with Crippen molar-refractivity contribution in [3.8, 4) is 0 Å². The summed E-state index contributed by atoms with van der Waals surface area (Å²) in [5, 5.41) is 11.4. The van der Waals surface area contributed by atoms with E-state index in [1.807, 2.05) is 6.92 Å². The van der Waals surface area contributed by atoms with Gasteiger partial charge in [0, 0.05) is 17.6 Å². The molecule has 1 aliphatic rings. The maximum absolute atomic E-state index is 12.3. The second-order valence-corrected chi connectivity index (χ2v) is 7.32. The van der Waals surface area contributed by atoms with Crippen LogP contribution < -0.4 is 15.8 Å². The Morgan fingerprint density at radius 2 is 2.13 bits per heavy atom. The highest BCUT2D eigenvalue weighted by Crippen LogP contribution is 2.23. The summed E-state index contributed by atoms with van der Waals surface area (Å²) >= 11 is 0. The number of halogens is 1. The molecule has 6 nitrogen and oxygen atoms in total. The molecule has 1 saturated heterocycles. The van der Waals surface area contributed by atoms with E-state index in [2.05, 4.69) is 17.6 Å². The van der Waals surface area contributed by atoms with Crippen molar-refractivity contribution in [1.29, 1.82) is 0 Å². The Morgan fingerprint density at radius 3 is 2.70 bits per heavy atom. The third-order valence-corrected chi connectivity index (χ3v) is 5.01. The fourth-order valence-electron chi connectivity index (χ4n) is 2.80. The molecule has 1 amide bonds. The van der Waals surface area contributed by atoms with Crippen LogP contribution in [0.4, 0.5) is 5.69 Å². The van der Waals surface area contributed by atoms with Gasteiger partial charge in [-0.25, -0.2) is 13.6 Å². The Balaban J connectivity index is 0.00000264. The van der Waals surface area contributed by atoms with Crippen molar-refractivity contribution in [3.05, 3.63) is 23.8 Å². The Labute approximate surface area is 143 Å². The molecular weight excluding hydrogens is 338 g/mol. The number of anilines is 1. The molecule has 0 aliphatic carbocycles. The van der Waals surface area contributed by atoms with E-state index in [0.717, 1.165) is 19.4 Å². The second kappa shape index (κ2) is 8.10. The molecule has 2 atom stereocenters. The molecule has 1 fully saturated rings. The number of piperidine rings is 1. The van der Waals surface area contributed by atoms with Gasteiger partial charge >= 0.3 is 0 Å². The SMILES string of the molecule is CCc1ccc(NC(=O)[C@H]2CCN[C@@H](C)C2)cc1S(N)(=O)=O.Cl. The molecule has 130 valence electrons. The molecular formula is C15H24ClN3O3S. The number of hydrogen-bond acceptors (Lipinski definition) is 4. The van der Waals surface area contributed by atoms with Gasteiger partial charge in [-0.15, -0.1) is 12.4 Å².